The number of hydrogen-bond donors (Lipinski definition) is 1. The van der Waals surface area contributed by atoms with Crippen molar-refractivity contribution in [3.63, 3.8) is 0 Å². The highest BCUT2D eigenvalue weighted by atomic mass is 16.2. The van der Waals surface area contributed by atoms with Crippen molar-refractivity contribution in [1.29, 1.82) is 0 Å². The van der Waals surface area contributed by atoms with Crippen LogP contribution in [0, 0.1) is 0 Å². The second-order valence-electron chi connectivity index (χ2n) is 3.91. The normalized spacial score (nSPS) is 9.86. The van der Waals surface area contributed by atoms with Gasteiger partial charge in [-0.05, 0) is 6.42 Å². The number of hydrogen-bond acceptors (Lipinski definition) is 1. The lowest BCUT2D eigenvalue weighted by Crippen LogP contribution is -1.84. The van der Waals surface area contributed by atoms with E-state index in [1.165, 1.54) is 57.8 Å². The first kappa shape index (κ1) is 16.4. The van der Waals surface area contributed by atoms with E-state index >= 15 is 0 Å². The lowest BCUT2D eigenvalue weighted by Gasteiger charge is -2.00. The third-order valence-corrected chi connectivity index (χ3v) is 2.51. The Kier molecular flexibility index (Phi) is 18.1. The molecule has 0 atom stereocenters. The highest BCUT2D eigenvalue weighted by Crippen LogP contribution is 2.09. The summed E-state index contributed by atoms with van der Waals surface area (Å²) in [4.78, 5) is 0. The van der Waals surface area contributed by atoms with Gasteiger partial charge in [-0.15, -0.1) is 0 Å². The lowest BCUT2D eigenvalue weighted by atomic mass is 10.1. The molecule has 0 saturated carbocycles. The summed E-state index contributed by atoms with van der Waals surface area (Å²) in [6, 6.07) is 0. The summed E-state index contributed by atoms with van der Waals surface area (Å²) in [6.45, 7) is 2.63. The van der Waals surface area contributed by atoms with E-state index in [2.05, 4.69) is 6.92 Å². The fourth-order valence-electron chi connectivity index (χ4n) is 1.60. The minimum atomic E-state index is 0. The van der Waals surface area contributed by atoms with Crippen molar-refractivity contribution in [3.05, 3.63) is 0 Å². The predicted octanol–water partition coefficient (Wildman–Crippen LogP) is 4.54. The zero-order chi connectivity index (χ0) is 9.78. The zero-order valence-electron chi connectivity index (χ0n) is 9.23. The maximum atomic E-state index is 8.57. The molecule has 0 aromatic heterocycles. The number of unbranched alkanes of at least 4 members (excludes halogenated alkanes) is 9. The molecular weight excluding hydrogens is 172 g/mol. The predicted molar refractivity (Wildman–Crippen MR) is 65.7 cm³/mol. The first-order valence-corrected chi connectivity index (χ1v) is 6.02. The molecule has 0 aliphatic rings. The van der Waals surface area contributed by atoms with Gasteiger partial charge in [-0.1, -0.05) is 72.1 Å². The average Bonchev–Trinajstić information content (AvgIpc) is 2.16. The van der Waals surface area contributed by atoms with Crippen LogP contribution in [-0.2, 0) is 0 Å². The Balaban J connectivity index is 0. The smallest absolute Gasteiger partial charge is 0.0431 e. The molecule has 0 heterocycles. The molecule has 0 saturated heterocycles. The molecule has 1 heteroatoms. The van der Waals surface area contributed by atoms with Crippen LogP contribution >= 0.6 is 0 Å². The van der Waals surface area contributed by atoms with Gasteiger partial charge in [0.25, 0.3) is 0 Å². The largest absolute Gasteiger partial charge is 0.396 e. The molecule has 88 valence electrons. The van der Waals surface area contributed by atoms with Crippen LogP contribution in [0.3, 0.4) is 0 Å². The van der Waals surface area contributed by atoms with Crippen LogP contribution in [0.2, 0.25) is 0 Å². The summed E-state index contributed by atoms with van der Waals surface area (Å²) < 4.78 is 0. The Morgan fingerprint density at radius 3 is 1.36 bits per heavy atom. The van der Waals surface area contributed by atoms with Crippen LogP contribution in [0.1, 0.15) is 78.6 Å². The van der Waals surface area contributed by atoms with Crippen LogP contribution in [0.5, 0.6) is 0 Å². The average molecular weight is 202 g/mol. The van der Waals surface area contributed by atoms with E-state index in [9.17, 15) is 0 Å². The Hall–Kier alpha value is -0.0400. The molecule has 14 heavy (non-hydrogen) atoms. The van der Waals surface area contributed by atoms with Gasteiger partial charge in [0.2, 0.25) is 0 Å². The minimum absolute atomic E-state index is 0. The lowest BCUT2D eigenvalue weighted by molar-refractivity contribution is 0.282. The van der Waals surface area contributed by atoms with Crippen molar-refractivity contribution in [2.24, 2.45) is 0 Å². The molecule has 1 N–H and O–H groups in total. The molecule has 0 bridgehead atoms. The maximum Gasteiger partial charge on any atom is 0.0431 e. The topological polar surface area (TPSA) is 20.2 Å². The first-order valence-electron chi connectivity index (χ1n) is 6.02. The van der Waals surface area contributed by atoms with E-state index in [4.69, 9.17) is 5.11 Å². The molecule has 0 rings (SSSR count). The van der Waals surface area contributed by atoms with E-state index in [0.29, 0.717) is 6.61 Å². The summed E-state index contributed by atoms with van der Waals surface area (Å²) in [7, 11) is 0. The monoisotopic (exact) mass is 202 g/mol. The summed E-state index contributed by atoms with van der Waals surface area (Å²) >= 11 is 0. The SMILES string of the molecule is C.CCCCCCCCCCCCO. The first-order chi connectivity index (χ1) is 6.41. The quantitative estimate of drug-likeness (QED) is 0.516. The third kappa shape index (κ3) is 14.5. The third-order valence-electron chi connectivity index (χ3n) is 2.51. The van der Waals surface area contributed by atoms with Crippen molar-refractivity contribution in [1.82, 2.24) is 0 Å². The molecular formula is C13H30O. The van der Waals surface area contributed by atoms with E-state index in [1.54, 1.807) is 0 Å². The summed E-state index contributed by atoms with van der Waals surface area (Å²) in [5, 5.41) is 8.57. The molecule has 0 spiro atoms. The van der Waals surface area contributed by atoms with Gasteiger partial charge in [0, 0.05) is 6.61 Å². The fraction of sp³-hybridized carbons (Fsp3) is 1.00. The van der Waals surface area contributed by atoms with Gasteiger partial charge in [-0.2, -0.15) is 0 Å². The molecule has 0 aliphatic carbocycles. The molecule has 0 radical (unpaired) electrons. The number of aliphatic hydroxyl groups is 1. The molecule has 0 amide bonds. The van der Waals surface area contributed by atoms with Crippen molar-refractivity contribution in [2.75, 3.05) is 6.61 Å². The van der Waals surface area contributed by atoms with Gasteiger partial charge in [-0.3, -0.25) is 0 Å². The van der Waals surface area contributed by atoms with Gasteiger partial charge in [0.1, 0.15) is 0 Å². The fourth-order valence-corrected chi connectivity index (χ4v) is 1.60. The minimum Gasteiger partial charge on any atom is -0.396 e. The molecule has 0 unspecified atom stereocenters. The Bertz CT molecular complexity index is 71.3. The summed E-state index contributed by atoms with van der Waals surface area (Å²) in [5.74, 6) is 0. The summed E-state index contributed by atoms with van der Waals surface area (Å²) in [6.07, 6.45) is 13.3. The summed E-state index contributed by atoms with van der Waals surface area (Å²) in [5.41, 5.74) is 0. The standard InChI is InChI=1S/C12H26O.CH4/c1-2-3-4-5-6-7-8-9-10-11-12-13;/h13H,2-12H2,1H3;1H4. The van der Waals surface area contributed by atoms with E-state index in [0.717, 1.165) is 6.42 Å². The van der Waals surface area contributed by atoms with Crippen LogP contribution in [0.4, 0.5) is 0 Å². The highest BCUT2D eigenvalue weighted by Gasteiger charge is 1.91. The van der Waals surface area contributed by atoms with Crippen LogP contribution in [0.25, 0.3) is 0 Å². The Morgan fingerprint density at radius 1 is 0.643 bits per heavy atom. The molecule has 0 aromatic carbocycles. The second kappa shape index (κ2) is 15.4. The van der Waals surface area contributed by atoms with E-state index < -0.39 is 0 Å². The number of rotatable bonds is 10. The molecule has 0 aliphatic heterocycles. The van der Waals surface area contributed by atoms with Gasteiger partial charge in [0.05, 0.1) is 0 Å². The Morgan fingerprint density at radius 2 is 1.00 bits per heavy atom. The Labute approximate surface area is 90.9 Å². The number of aliphatic hydroxyl groups excluding tert-OH is 1. The van der Waals surface area contributed by atoms with Crippen LogP contribution in [-0.4, -0.2) is 11.7 Å². The molecule has 0 fully saturated rings. The van der Waals surface area contributed by atoms with E-state index in [1.807, 2.05) is 0 Å². The van der Waals surface area contributed by atoms with Crippen LogP contribution < -0.4 is 0 Å². The highest BCUT2D eigenvalue weighted by molar-refractivity contribution is 4.46. The van der Waals surface area contributed by atoms with Gasteiger partial charge < -0.3 is 5.11 Å². The zero-order valence-corrected chi connectivity index (χ0v) is 9.23. The van der Waals surface area contributed by atoms with Gasteiger partial charge in [0.15, 0.2) is 0 Å². The van der Waals surface area contributed by atoms with Gasteiger partial charge >= 0.3 is 0 Å². The van der Waals surface area contributed by atoms with Gasteiger partial charge in [-0.25, -0.2) is 0 Å². The second-order valence-corrected chi connectivity index (χ2v) is 3.91. The van der Waals surface area contributed by atoms with Crippen molar-refractivity contribution >= 4 is 0 Å². The molecule has 1 nitrogen and oxygen atoms in total. The maximum absolute atomic E-state index is 8.57. The van der Waals surface area contributed by atoms with E-state index in [-0.39, 0.29) is 7.43 Å². The van der Waals surface area contributed by atoms with Crippen LogP contribution in [0.15, 0.2) is 0 Å². The van der Waals surface area contributed by atoms with Crippen molar-refractivity contribution < 1.29 is 5.11 Å². The van der Waals surface area contributed by atoms with Crippen molar-refractivity contribution in [2.45, 2.75) is 78.6 Å². The van der Waals surface area contributed by atoms with Crippen molar-refractivity contribution in [3.8, 4) is 0 Å². The molecule has 0 aromatic rings.